The summed E-state index contributed by atoms with van der Waals surface area (Å²) < 4.78 is 8.93. The topological polar surface area (TPSA) is 40.8 Å². The summed E-state index contributed by atoms with van der Waals surface area (Å²) in [6, 6.07) is 29.6. The zero-order valence-corrected chi connectivity index (χ0v) is 21.0. The smallest absolute Gasteiger partial charge is 0.224 e. The third kappa shape index (κ3) is 3.38. The maximum Gasteiger partial charge on any atom is 0.224 e. The molecule has 6 aromatic rings. The summed E-state index contributed by atoms with van der Waals surface area (Å²) in [4.78, 5) is 0. The third-order valence-corrected chi connectivity index (χ3v) is 7.23. The summed E-state index contributed by atoms with van der Waals surface area (Å²) in [5.74, 6) is 0.470. The van der Waals surface area contributed by atoms with Crippen molar-refractivity contribution in [3.8, 4) is 28.5 Å². The second-order valence-electron chi connectivity index (χ2n) is 9.89. The molecular formula is C33H27N2O+. The van der Waals surface area contributed by atoms with Gasteiger partial charge in [0.25, 0.3) is 0 Å². The van der Waals surface area contributed by atoms with Gasteiger partial charge in [0.2, 0.25) is 5.69 Å². The number of aryl methyl sites for hydroxylation is 2. The Bertz CT molecular complexity index is 1840. The van der Waals surface area contributed by atoms with Gasteiger partial charge in [-0.15, -0.1) is 0 Å². The summed E-state index contributed by atoms with van der Waals surface area (Å²) in [5, 5.41) is 14.2. The minimum absolute atomic E-state index is 0.470. The van der Waals surface area contributed by atoms with Gasteiger partial charge in [0.05, 0.1) is 22.6 Å². The first kappa shape index (κ1) is 22.1. The second-order valence-corrected chi connectivity index (χ2v) is 9.89. The molecule has 2 aromatic heterocycles. The average molecular weight is 468 g/mol. The lowest BCUT2D eigenvalue weighted by Gasteiger charge is -2.11. The van der Waals surface area contributed by atoms with Crippen LogP contribution < -0.4 is 4.57 Å². The third-order valence-electron chi connectivity index (χ3n) is 7.23. The second kappa shape index (κ2) is 8.36. The molecule has 0 aliphatic rings. The molecule has 0 fully saturated rings. The van der Waals surface area contributed by atoms with Crippen LogP contribution in [0.3, 0.4) is 0 Å². The predicted octanol–water partition coefficient (Wildman–Crippen LogP) is 8.20. The number of pyridine rings is 1. The number of aromatic nitrogens is 1. The fraction of sp³-hybridized carbons (Fsp3) is 0.152. The van der Waals surface area contributed by atoms with E-state index in [1.165, 1.54) is 16.3 Å². The van der Waals surface area contributed by atoms with Crippen molar-refractivity contribution in [3.63, 3.8) is 0 Å². The van der Waals surface area contributed by atoms with E-state index in [-0.39, 0.29) is 0 Å². The van der Waals surface area contributed by atoms with Crippen LogP contribution in [0.2, 0.25) is 0 Å². The molecule has 0 spiro atoms. The van der Waals surface area contributed by atoms with E-state index < -0.39 is 0 Å². The molecule has 3 heteroatoms. The van der Waals surface area contributed by atoms with Gasteiger partial charge in [-0.05, 0) is 53.1 Å². The van der Waals surface area contributed by atoms with Crippen molar-refractivity contribution in [2.75, 3.05) is 0 Å². The van der Waals surface area contributed by atoms with Gasteiger partial charge in [-0.1, -0.05) is 68.4 Å². The van der Waals surface area contributed by atoms with Crippen molar-refractivity contribution in [1.82, 2.24) is 0 Å². The highest BCUT2D eigenvalue weighted by molar-refractivity contribution is 6.15. The number of benzene rings is 4. The molecule has 0 N–H and O–H groups in total. The Morgan fingerprint density at radius 3 is 2.36 bits per heavy atom. The maximum absolute atomic E-state index is 9.79. The van der Waals surface area contributed by atoms with Crippen LogP contribution in [0.15, 0.2) is 89.5 Å². The van der Waals surface area contributed by atoms with E-state index in [1.807, 2.05) is 30.3 Å². The number of nitrogens with zero attached hydrogens (tertiary/aromatic N) is 2. The Kier molecular flexibility index (Phi) is 5.12. The fourth-order valence-electron chi connectivity index (χ4n) is 5.29. The number of nitriles is 1. The maximum atomic E-state index is 9.79. The molecule has 36 heavy (non-hydrogen) atoms. The molecule has 174 valence electrons. The molecule has 0 atom stereocenters. The van der Waals surface area contributed by atoms with E-state index >= 15 is 0 Å². The highest BCUT2D eigenvalue weighted by Crippen LogP contribution is 2.42. The molecule has 0 aliphatic carbocycles. The van der Waals surface area contributed by atoms with Crippen LogP contribution >= 0.6 is 0 Å². The lowest BCUT2D eigenvalue weighted by molar-refractivity contribution is -0.659. The Morgan fingerprint density at radius 1 is 0.833 bits per heavy atom. The van der Waals surface area contributed by atoms with E-state index in [9.17, 15) is 5.26 Å². The number of fused-ring (bicyclic) bond motifs is 4. The van der Waals surface area contributed by atoms with Crippen LogP contribution in [0.4, 0.5) is 0 Å². The lowest BCUT2D eigenvalue weighted by atomic mass is 9.94. The first-order valence-corrected chi connectivity index (χ1v) is 12.3. The van der Waals surface area contributed by atoms with Crippen LogP contribution in [-0.2, 0) is 7.05 Å². The molecule has 0 bridgehead atoms. The minimum Gasteiger partial charge on any atom is -0.454 e. The van der Waals surface area contributed by atoms with E-state index in [2.05, 4.69) is 93.2 Å². The Morgan fingerprint density at radius 2 is 1.61 bits per heavy atom. The van der Waals surface area contributed by atoms with Gasteiger partial charge in [-0.2, -0.15) is 5.26 Å². The van der Waals surface area contributed by atoms with Gasteiger partial charge >= 0.3 is 0 Å². The van der Waals surface area contributed by atoms with Gasteiger partial charge in [0.1, 0.15) is 18.2 Å². The SMILES string of the molecule is Cc1ccc2c(oc3c(-c4ccccc4)cc(C#N)cc32)c1-c1c2ccc(C(C)C)cc2cc[n+]1C. The molecule has 0 aliphatic heterocycles. The zero-order valence-electron chi connectivity index (χ0n) is 21.0. The van der Waals surface area contributed by atoms with E-state index in [0.717, 1.165) is 49.9 Å². The van der Waals surface area contributed by atoms with Crippen molar-refractivity contribution < 1.29 is 8.98 Å². The van der Waals surface area contributed by atoms with Crippen LogP contribution in [0, 0.1) is 18.3 Å². The number of hydrogen-bond donors (Lipinski definition) is 0. The number of hydrogen-bond acceptors (Lipinski definition) is 2. The summed E-state index contributed by atoms with van der Waals surface area (Å²) in [6.07, 6.45) is 2.13. The van der Waals surface area contributed by atoms with Crippen molar-refractivity contribution >= 4 is 32.7 Å². The summed E-state index contributed by atoms with van der Waals surface area (Å²) >= 11 is 0. The molecule has 0 unspecified atom stereocenters. The first-order valence-electron chi connectivity index (χ1n) is 12.3. The summed E-state index contributed by atoms with van der Waals surface area (Å²) in [7, 11) is 2.09. The van der Waals surface area contributed by atoms with Crippen molar-refractivity contribution in [3.05, 3.63) is 102 Å². The molecule has 0 saturated heterocycles. The van der Waals surface area contributed by atoms with Gasteiger partial charge < -0.3 is 4.42 Å². The predicted molar refractivity (Wildman–Crippen MR) is 147 cm³/mol. The van der Waals surface area contributed by atoms with Gasteiger partial charge in [0.15, 0.2) is 6.20 Å². The summed E-state index contributed by atoms with van der Waals surface area (Å²) in [6.45, 7) is 6.59. The first-order chi connectivity index (χ1) is 17.5. The molecule has 6 rings (SSSR count). The number of rotatable bonds is 3. The van der Waals surface area contributed by atoms with Crippen LogP contribution in [0.1, 0.15) is 36.5 Å². The lowest BCUT2D eigenvalue weighted by Crippen LogP contribution is -2.30. The van der Waals surface area contributed by atoms with Crippen LogP contribution in [0.5, 0.6) is 0 Å². The molecule has 0 saturated carbocycles. The zero-order chi connectivity index (χ0) is 25.0. The monoisotopic (exact) mass is 467 g/mol. The van der Waals surface area contributed by atoms with Gasteiger partial charge in [0, 0.05) is 22.4 Å². The highest BCUT2D eigenvalue weighted by atomic mass is 16.3. The van der Waals surface area contributed by atoms with E-state index in [4.69, 9.17) is 4.42 Å². The van der Waals surface area contributed by atoms with Crippen LogP contribution in [0.25, 0.3) is 55.1 Å². The molecule has 0 amide bonds. The molecular weight excluding hydrogens is 440 g/mol. The Labute approximate surface area is 210 Å². The van der Waals surface area contributed by atoms with Crippen molar-refractivity contribution in [2.24, 2.45) is 7.05 Å². The largest absolute Gasteiger partial charge is 0.454 e. The van der Waals surface area contributed by atoms with Crippen molar-refractivity contribution in [2.45, 2.75) is 26.7 Å². The Hall–Kier alpha value is -4.42. The van der Waals surface area contributed by atoms with Crippen LogP contribution in [-0.4, -0.2) is 0 Å². The number of furan rings is 1. The van der Waals surface area contributed by atoms with Gasteiger partial charge in [-0.25, -0.2) is 4.57 Å². The average Bonchev–Trinajstić information content (AvgIpc) is 3.27. The Balaban J connectivity index is 1.73. The minimum atomic E-state index is 0.470. The molecule has 0 radical (unpaired) electrons. The van der Waals surface area contributed by atoms with Gasteiger partial charge in [-0.3, -0.25) is 0 Å². The highest BCUT2D eigenvalue weighted by Gasteiger charge is 2.24. The molecule has 2 heterocycles. The normalized spacial score (nSPS) is 11.6. The van der Waals surface area contributed by atoms with E-state index in [0.29, 0.717) is 11.5 Å². The molecule has 3 nitrogen and oxygen atoms in total. The summed E-state index contributed by atoms with van der Waals surface area (Å²) in [5.41, 5.74) is 8.97. The fourth-order valence-corrected chi connectivity index (χ4v) is 5.29. The van der Waals surface area contributed by atoms with E-state index in [1.54, 1.807) is 0 Å². The molecule has 4 aromatic carbocycles. The quantitative estimate of drug-likeness (QED) is 0.246. The van der Waals surface area contributed by atoms with Crippen molar-refractivity contribution in [1.29, 1.82) is 5.26 Å². The standard InChI is InChI=1S/C33H27N2O/c1-20(2)24-11-13-26-25(18-24)14-15-35(4)31(26)30-21(3)10-12-27-29-17-22(19-34)16-28(32(29)36-33(27)30)23-8-6-5-7-9-23/h5-18,20H,1-4H3/q+1.